The lowest BCUT2D eigenvalue weighted by Crippen LogP contribution is -2.44. The van der Waals surface area contributed by atoms with E-state index in [1.165, 1.54) is 0 Å². The van der Waals surface area contributed by atoms with E-state index in [4.69, 9.17) is 4.74 Å². The van der Waals surface area contributed by atoms with Crippen molar-refractivity contribution >= 4 is 17.5 Å². The fraction of sp³-hybridized carbons (Fsp3) is 0.350. The lowest BCUT2D eigenvalue weighted by molar-refractivity contribution is -0.138. The van der Waals surface area contributed by atoms with Crippen LogP contribution in [0.4, 0.5) is 5.69 Å². The molecule has 6 nitrogen and oxygen atoms in total. The summed E-state index contributed by atoms with van der Waals surface area (Å²) in [6.45, 7) is 7.35. The molecule has 1 aromatic heterocycles. The molecule has 0 aliphatic heterocycles. The molecule has 0 aliphatic carbocycles. The van der Waals surface area contributed by atoms with Crippen molar-refractivity contribution < 1.29 is 14.3 Å². The highest BCUT2D eigenvalue weighted by Gasteiger charge is 2.36. The van der Waals surface area contributed by atoms with Crippen LogP contribution in [0.1, 0.15) is 33.3 Å². The maximum atomic E-state index is 12.7. The van der Waals surface area contributed by atoms with E-state index >= 15 is 0 Å². The first-order valence-electron chi connectivity index (χ1n) is 8.55. The van der Waals surface area contributed by atoms with E-state index in [9.17, 15) is 9.59 Å². The Bertz CT molecular complexity index is 758. The number of pyridine rings is 1. The quantitative estimate of drug-likeness (QED) is 0.748. The zero-order valence-corrected chi connectivity index (χ0v) is 15.6. The van der Waals surface area contributed by atoms with Gasteiger partial charge in [-0.25, -0.2) is 0 Å². The van der Waals surface area contributed by atoms with E-state index in [2.05, 4.69) is 15.6 Å². The minimum Gasteiger partial charge on any atom is -0.489 e. The Morgan fingerprint density at radius 1 is 1.08 bits per heavy atom. The van der Waals surface area contributed by atoms with Crippen molar-refractivity contribution in [2.75, 3.05) is 5.32 Å². The molecule has 0 atom stereocenters. The monoisotopic (exact) mass is 355 g/mol. The van der Waals surface area contributed by atoms with Crippen molar-refractivity contribution in [3.8, 4) is 5.75 Å². The molecule has 6 heteroatoms. The fourth-order valence-electron chi connectivity index (χ4n) is 2.21. The predicted molar refractivity (Wildman–Crippen MR) is 101 cm³/mol. The molecule has 0 saturated heterocycles. The lowest BCUT2D eigenvalue weighted by Gasteiger charge is -2.24. The van der Waals surface area contributed by atoms with Gasteiger partial charge in [0.15, 0.2) is 0 Å². The molecule has 0 unspecified atom stereocenters. The van der Waals surface area contributed by atoms with Crippen molar-refractivity contribution in [3.63, 3.8) is 0 Å². The normalized spacial score (nSPS) is 11.1. The van der Waals surface area contributed by atoms with E-state index in [1.807, 2.05) is 32.0 Å². The standard InChI is InChI=1S/C20H25N3O3/c1-14(2)26-17-8-6-5-7-16(17)23-19(25)20(3,4)18(24)22-13-15-9-11-21-12-10-15/h5-12,14H,13H2,1-4H3,(H,22,24)(H,23,25). The fourth-order valence-corrected chi connectivity index (χ4v) is 2.21. The molecule has 2 amide bonds. The second kappa shape index (κ2) is 8.47. The zero-order valence-electron chi connectivity index (χ0n) is 15.6. The van der Waals surface area contributed by atoms with Crippen molar-refractivity contribution in [2.24, 2.45) is 5.41 Å². The number of nitrogens with zero attached hydrogens (tertiary/aromatic N) is 1. The molecule has 1 heterocycles. The van der Waals surface area contributed by atoms with Crippen LogP contribution >= 0.6 is 0 Å². The minimum absolute atomic E-state index is 0.0234. The Kier molecular flexibility index (Phi) is 6.33. The summed E-state index contributed by atoms with van der Waals surface area (Å²) in [5, 5.41) is 5.59. The molecule has 0 saturated carbocycles. The van der Waals surface area contributed by atoms with E-state index < -0.39 is 11.3 Å². The van der Waals surface area contributed by atoms with Gasteiger partial charge in [0.2, 0.25) is 11.8 Å². The molecule has 0 radical (unpaired) electrons. The first-order chi connectivity index (χ1) is 12.3. The van der Waals surface area contributed by atoms with Gasteiger partial charge in [0, 0.05) is 18.9 Å². The summed E-state index contributed by atoms with van der Waals surface area (Å²) in [4.78, 5) is 29.1. The average molecular weight is 355 g/mol. The second-order valence-corrected chi connectivity index (χ2v) is 6.78. The van der Waals surface area contributed by atoms with Crippen LogP contribution < -0.4 is 15.4 Å². The summed E-state index contributed by atoms with van der Waals surface area (Å²) in [6, 6.07) is 10.8. The molecule has 1 aromatic carbocycles. The van der Waals surface area contributed by atoms with Crippen LogP contribution in [0.5, 0.6) is 5.75 Å². The van der Waals surface area contributed by atoms with Gasteiger partial charge in [0.05, 0.1) is 11.8 Å². The Balaban J connectivity index is 2.04. The minimum atomic E-state index is -1.24. The van der Waals surface area contributed by atoms with E-state index in [0.29, 0.717) is 18.0 Å². The zero-order chi connectivity index (χ0) is 19.2. The van der Waals surface area contributed by atoms with Crippen LogP contribution in [0.2, 0.25) is 0 Å². The molecule has 0 bridgehead atoms. The molecule has 26 heavy (non-hydrogen) atoms. The Morgan fingerprint density at radius 2 is 1.73 bits per heavy atom. The van der Waals surface area contributed by atoms with Crippen LogP contribution in [0.25, 0.3) is 0 Å². The van der Waals surface area contributed by atoms with E-state index in [0.717, 1.165) is 5.56 Å². The van der Waals surface area contributed by atoms with Crippen LogP contribution in [0.3, 0.4) is 0 Å². The highest BCUT2D eigenvalue weighted by molar-refractivity contribution is 6.10. The highest BCUT2D eigenvalue weighted by atomic mass is 16.5. The Hall–Kier alpha value is -2.89. The van der Waals surface area contributed by atoms with Gasteiger partial charge in [0.1, 0.15) is 11.2 Å². The number of hydrogen-bond acceptors (Lipinski definition) is 4. The number of hydrogen-bond donors (Lipinski definition) is 2. The van der Waals surface area contributed by atoms with Gasteiger partial charge in [-0.2, -0.15) is 0 Å². The third-order valence-electron chi connectivity index (χ3n) is 3.84. The van der Waals surface area contributed by atoms with Crippen LogP contribution in [-0.2, 0) is 16.1 Å². The van der Waals surface area contributed by atoms with Gasteiger partial charge in [0.25, 0.3) is 0 Å². The molecular weight excluding hydrogens is 330 g/mol. The molecule has 2 aromatic rings. The smallest absolute Gasteiger partial charge is 0.239 e. The summed E-state index contributed by atoms with van der Waals surface area (Å²) in [7, 11) is 0. The first-order valence-corrected chi connectivity index (χ1v) is 8.55. The number of carbonyl (C=O) groups excluding carboxylic acids is 2. The van der Waals surface area contributed by atoms with Crippen molar-refractivity contribution in [3.05, 3.63) is 54.4 Å². The second-order valence-electron chi connectivity index (χ2n) is 6.78. The van der Waals surface area contributed by atoms with Crippen LogP contribution in [0.15, 0.2) is 48.8 Å². The number of carbonyl (C=O) groups is 2. The molecule has 0 aliphatic rings. The number of aromatic nitrogens is 1. The third-order valence-corrected chi connectivity index (χ3v) is 3.84. The van der Waals surface area contributed by atoms with Gasteiger partial charge in [-0.1, -0.05) is 12.1 Å². The predicted octanol–water partition coefficient (Wildman–Crippen LogP) is 3.15. The number of rotatable bonds is 7. The summed E-state index contributed by atoms with van der Waals surface area (Å²) < 4.78 is 5.70. The molecule has 138 valence electrons. The number of anilines is 1. The number of amides is 2. The van der Waals surface area contributed by atoms with Crippen molar-refractivity contribution in [2.45, 2.75) is 40.3 Å². The van der Waals surface area contributed by atoms with Gasteiger partial charge in [-0.05, 0) is 57.5 Å². The van der Waals surface area contributed by atoms with Crippen molar-refractivity contribution in [1.29, 1.82) is 0 Å². The van der Waals surface area contributed by atoms with Gasteiger partial charge < -0.3 is 15.4 Å². The first kappa shape index (κ1) is 19.4. The number of para-hydroxylation sites is 2. The maximum Gasteiger partial charge on any atom is 0.239 e. The number of ether oxygens (including phenoxy) is 1. The molecule has 2 N–H and O–H groups in total. The van der Waals surface area contributed by atoms with Crippen LogP contribution in [0, 0.1) is 5.41 Å². The summed E-state index contributed by atoms with van der Waals surface area (Å²) in [5.41, 5.74) is 0.222. The van der Waals surface area contributed by atoms with Crippen LogP contribution in [-0.4, -0.2) is 22.9 Å². The lowest BCUT2D eigenvalue weighted by atomic mass is 9.90. The largest absolute Gasteiger partial charge is 0.489 e. The molecule has 0 fully saturated rings. The topological polar surface area (TPSA) is 80.3 Å². The Labute approximate surface area is 154 Å². The summed E-state index contributed by atoms with van der Waals surface area (Å²) >= 11 is 0. The van der Waals surface area contributed by atoms with Gasteiger partial charge in [-0.3, -0.25) is 14.6 Å². The number of nitrogens with one attached hydrogen (secondary N) is 2. The summed E-state index contributed by atoms with van der Waals surface area (Å²) in [5.74, 6) is -0.178. The molecule has 0 spiro atoms. The number of benzene rings is 1. The van der Waals surface area contributed by atoms with Gasteiger partial charge in [-0.15, -0.1) is 0 Å². The third kappa shape index (κ3) is 5.05. The van der Waals surface area contributed by atoms with Crippen molar-refractivity contribution in [1.82, 2.24) is 10.3 Å². The Morgan fingerprint density at radius 3 is 2.38 bits per heavy atom. The van der Waals surface area contributed by atoms with Gasteiger partial charge >= 0.3 is 0 Å². The maximum absolute atomic E-state index is 12.7. The molecular formula is C20H25N3O3. The SMILES string of the molecule is CC(C)Oc1ccccc1NC(=O)C(C)(C)C(=O)NCc1ccncc1. The summed E-state index contributed by atoms with van der Waals surface area (Å²) in [6.07, 6.45) is 3.29. The highest BCUT2D eigenvalue weighted by Crippen LogP contribution is 2.27. The average Bonchev–Trinajstić information content (AvgIpc) is 2.61. The van der Waals surface area contributed by atoms with E-state index in [-0.39, 0.29) is 12.0 Å². The van der Waals surface area contributed by atoms with E-state index in [1.54, 1.807) is 44.4 Å². The molecule has 2 rings (SSSR count).